The third kappa shape index (κ3) is 4.84. The quantitative estimate of drug-likeness (QED) is 0.857. The maximum atomic E-state index is 12.1. The number of amides is 1. The number of rotatable bonds is 4. The van der Waals surface area contributed by atoms with Crippen molar-refractivity contribution in [3.8, 4) is 11.5 Å². The molecule has 21 heavy (non-hydrogen) atoms. The van der Waals surface area contributed by atoms with Gasteiger partial charge in [0.1, 0.15) is 13.2 Å². The van der Waals surface area contributed by atoms with Gasteiger partial charge in [-0.05, 0) is 17.7 Å². The highest BCUT2D eigenvalue weighted by atomic mass is 32.2. The SMILES string of the molecule is CN(Cc1ccc2c(c1)OCCO2)C(=O)CSC(C)(C)C. The van der Waals surface area contributed by atoms with Crippen LogP contribution < -0.4 is 9.47 Å². The molecule has 1 aromatic carbocycles. The minimum absolute atomic E-state index is 0.105. The van der Waals surface area contributed by atoms with Crippen molar-refractivity contribution in [2.75, 3.05) is 26.0 Å². The van der Waals surface area contributed by atoms with Gasteiger partial charge in [0.05, 0.1) is 5.75 Å². The van der Waals surface area contributed by atoms with Crippen molar-refractivity contribution in [3.63, 3.8) is 0 Å². The molecule has 1 amide bonds. The molecule has 0 N–H and O–H groups in total. The van der Waals surface area contributed by atoms with Crippen LogP contribution in [0.3, 0.4) is 0 Å². The summed E-state index contributed by atoms with van der Waals surface area (Å²) < 4.78 is 11.2. The maximum Gasteiger partial charge on any atom is 0.232 e. The van der Waals surface area contributed by atoms with Crippen LogP contribution in [0.1, 0.15) is 26.3 Å². The molecule has 0 aliphatic carbocycles. The first kappa shape index (κ1) is 16.0. The Hall–Kier alpha value is -1.36. The molecule has 0 aromatic heterocycles. The van der Waals surface area contributed by atoms with E-state index in [9.17, 15) is 4.79 Å². The van der Waals surface area contributed by atoms with Gasteiger partial charge in [0.25, 0.3) is 0 Å². The summed E-state index contributed by atoms with van der Waals surface area (Å²) in [5, 5.41) is 0. The lowest BCUT2D eigenvalue weighted by Crippen LogP contribution is -2.29. The van der Waals surface area contributed by atoms with Gasteiger partial charge in [-0.3, -0.25) is 4.79 Å². The normalized spacial score (nSPS) is 13.9. The van der Waals surface area contributed by atoms with E-state index in [1.807, 2.05) is 25.2 Å². The number of ether oxygens (including phenoxy) is 2. The number of hydrogen-bond donors (Lipinski definition) is 0. The zero-order chi connectivity index (χ0) is 15.5. The van der Waals surface area contributed by atoms with E-state index in [2.05, 4.69) is 20.8 Å². The Morgan fingerprint density at radius 2 is 1.90 bits per heavy atom. The molecule has 0 saturated heterocycles. The van der Waals surface area contributed by atoms with Crippen LogP contribution in [0.5, 0.6) is 11.5 Å². The molecule has 0 unspecified atom stereocenters. The third-order valence-electron chi connectivity index (χ3n) is 3.08. The Morgan fingerprint density at radius 3 is 2.57 bits per heavy atom. The van der Waals surface area contributed by atoms with Crippen molar-refractivity contribution in [1.82, 2.24) is 4.90 Å². The van der Waals surface area contributed by atoms with E-state index in [-0.39, 0.29) is 10.7 Å². The lowest BCUT2D eigenvalue weighted by molar-refractivity contribution is -0.127. The molecule has 0 saturated carbocycles. The summed E-state index contributed by atoms with van der Waals surface area (Å²) in [5.41, 5.74) is 1.05. The van der Waals surface area contributed by atoms with Crippen LogP contribution in [-0.4, -0.2) is 41.6 Å². The molecule has 1 aliphatic heterocycles. The van der Waals surface area contributed by atoms with E-state index in [0.29, 0.717) is 25.5 Å². The third-order valence-corrected chi connectivity index (χ3v) is 4.34. The number of carbonyl (C=O) groups is 1. The van der Waals surface area contributed by atoms with Crippen molar-refractivity contribution in [3.05, 3.63) is 23.8 Å². The molecule has 0 radical (unpaired) electrons. The minimum Gasteiger partial charge on any atom is -0.486 e. The molecule has 1 heterocycles. The number of carbonyl (C=O) groups excluding carboxylic acids is 1. The summed E-state index contributed by atoms with van der Waals surface area (Å²) in [6.07, 6.45) is 0. The van der Waals surface area contributed by atoms with Crippen molar-refractivity contribution in [1.29, 1.82) is 0 Å². The predicted molar refractivity (Wildman–Crippen MR) is 86.1 cm³/mol. The van der Waals surface area contributed by atoms with E-state index >= 15 is 0 Å². The van der Waals surface area contributed by atoms with Crippen LogP contribution in [0.2, 0.25) is 0 Å². The van der Waals surface area contributed by atoms with Crippen molar-refractivity contribution < 1.29 is 14.3 Å². The Kier molecular flexibility index (Phi) is 5.04. The molecule has 0 fully saturated rings. The number of thioether (sulfide) groups is 1. The fourth-order valence-corrected chi connectivity index (χ4v) is 2.71. The molecular formula is C16H23NO3S. The topological polar surface area (TPSA) is 38.8 Å². The zero-order valence-corrected chi connectivity index (χ0v) is 14.0. The Labute approximate surface area is 130 Å². The van der Waals surface area contributed by atoms with Crippen LogP contribution in [0.25, 0.3) is 0 Å². The van der Waals surface area contributed by atoms with Gasteiger partial charge in [-0.25, -0.2) is 0 Å². The standard InChI is InChI=1S/C16H23NO3S/c1-16(2,3)21-11-15(18)17(4)10-12-5-6-13-14(9-12)20-8-7-19-13/h5-6,9H,7-8,10-11H2,1-4H3. The first-order valence-electron chi connectivity index (χ1n) is 7.11. The highest BCUT2D eigenvalue weighted by Crippen LogP contribution is 2.31. The number of benzene rings is 1. The van der Waals surface area contributed by atoms with Crippen LogP contribution in [0.4, 0.5) is 0 Å². The van der Waals surface area contributed by atoms with Gasteiger partial charge in [-0.15, -0.1) is 11.8 Å². The summed E-state index contributed by atoms with van der Waals surface area (Å²) >= 11 is 1.67. The second kappa shape index (κ2) is 6.60. The van der Waals surface area contributed by atoms with Gasteiger partial charge in [-0.2, -0.15) is 0 Å². The molecule has 116 valence electrons. The average Bonchev–Trinajstić information content (AvgIpc) is 2.43. The van der Waals surface area contributed by atoms with E-state index in [1.54, 1.807) is 16.7 Å². The summed E-state index contributed by atoms with van der Waals surface area (Å²) in [6, 6.07) is 5.84. The zero-order valence-electron chi connectivity index (χ0n) is 13.1. The largest absolute Gasteiger partial charge is 0.486 e. The molecule has 1 aromatic rings. The van der Waals surface area contributed by atoms with Crippen LogP contribution in [0.15, 0.2) is 18.2 Å². The van der Waals surface area contributed by atoms with Gasteiger partial charge < -0.3 is 14.4 Å². The first-order valence-corrected chi connectivity index (χ1v) is 8.10. The first-order chi connectivity index (χ1) is 9.85. The Balaban J connectivity index is 1.93. The Morgan fingerprint density at radius 1 is 1.24 bits per heavy atom. The molecule has 0 bridgehead atoms. The summed E-state index contributed by atoms with van der Waals surface area (Å²) in [7, 11) is 1.84. The van der Waals surface area contributed by atoms with E-state index < -0.39 is 0 Å². The van der Waals surface area contributed by atoms with Crippen molar-refractivity contribution >= 4 is 17.7 Å². The number of hydrogen-bond acceptors (Lipinski definition) is 4. The van der Waals surface area contributed by atoms with Gasteiger partial charge in [-0.1, -0.05) is 26.8 Å². The van der Waals surface area contributed by atoms with Crippen LogP contribution >= 0.6 is 11.8 Å². The molecule has 0 spiro atoms. The molecule has 5 heteroatoms. The van der Waals surface area contributed by atoms with Gasteiger partial charge >= 0.3 is 0 Å². The fourth-order valence-electron chi connectivity index (χ4n) is 1.94. The minimum atomic E-state index is 0.105. The van der Waals surface area contributed by atoms with Gasteiger partial charge in [0.15, 0.2) is 11.5 Å². The molecule has 2 rings (SSSR count). The van der Waals surface area contributed by atoms with Crippen LogP contribution in [-0.2, 0) is 11.3 Å². The average molecular weight is 309 g/mol. The Bertz CT molecular complexity index is 511. The van der Waals surface area contributed by atoms with Crippen LogP contribution in [0, 0.1) is 0 Å². The maximum absolute atomic E-state index is 12.1. The molecule has 0 atom stereocenters. The van der Waals surface area contributed by atoms with E-state index in [0.717, 1.165) is 17.1 Å². The molecule has 1 aliphatic rings. The summed E-state index contributed by atoms with van der Waals surface area (Å²) in [5.74, 6) is 2.20. The second-order valence-corrected chi connectivity index (χ2v) is 7.93. The van der Waals surface area contributed by atoms with Gasteiger partial charge in [0, 0.05) is 18.3 Å². The molecule has 4 nitrogen and oxygen atoms in total. The highest BCUT2D eigenvalue weighted by Gasteiger charge is 2.17. The summed E-state index contributed by atoms with van der Waals surface area (Å²) in [4.78, 5) is 13.9. The molecular weight excluding hydrogens is 286 g/mol. The fraction of sp³-hybridized carbons (Fsp3) is 0.562. The van der Waals surface area contributed by atoms with Crippen molar-refractivity contribution in [2.24, 2.45) is 0 Å². The van der Waals surface area contributed by atoms with Gasteiger partial charge in [0.2, 0.25) is 5.91 Å². The monoisotopic (exact) mass is 309 g/mol. The predicted octanol–water partition coefficient (Wildman–Crippen LogP) is 2.95. The highest BCUT2D eigenvalue weighted by molar-refractivity contribution is 8.01. The number of nitrogens with zero attached hydrogens (tertiary/aromatic N) is 1. The van der Waals surface area contributed by atoms with Crippen molar-refractivity contribution in [2.45, 2.75) is 32.1 Å². The lowest BCUT2D eigenvalue weighted by atomic mass is 10.2. The van der Waals surface area contributed by atoms with E-state index in [4.69, 9.17) is 9.47 Å². The smallest absolute Gasteiger partial charge is 0.232 e. The lowest BCUT2D eigenvalue weighted by Gasteiger charge is -2.23. The number of fused-ring (bicyclic) bond motifs is 1. The second-order valence-electron chi connectivity index (χ2n) is 6.13. The summed E-state index contributed by atoms with van der Waals surface area (Å²) in [6.45, 7) is 8.10. The van der Waals surface area contributed by atoms with E-state index in [1.165, 1.54) is 0 Å².